The third-order valence-electron chi connectivity index (χ3n) is 11.6. The minimum Gasteiger partial charge on any atom is -0.462 e. The maximum Gasteiger partial charge on any atom is 0.306 e. The monoisotopic (exact) mass is 993 g/mol. The van der Waals surface area contributed by atoms with Crippen LogP contribution in [0, 0.1) is 0 Å². The first kappa shape index (κ1) is 67.3. The Balaban J connectivity index is 4.27. The van der Waals surface area contributed by atoms with Gasteiger partial charge in [-0.25, -0.2) is 0 Å². The quantitative estimate of drug-likeness (QED) is 0.0261. The van der Waals surface area contributed by atoms with E-state index in [-0.39, 0.29) is 31.1 Å². The van der Waals surface area contributed by atoms with Crippen molar-refractivity contribution in [2.45, 2.75) is 239 Å². The Morgan fingerprint density at radius 3 is 0.917 bits per heavy atom. The van der Waals surface area contributed by atoms with Crippen molar-refractivity contribution in [3.63, 3.8) is 0 Å². The average Bonchev–Trinajstić information content (AvgIpc) is 3.38. The van der Waals surface area contributed by atoms with Gasteiger partial charge in [0.2, 0.25) is 0 Å². The molecule has 0 radical (unpaired) electrons. The molecule has 0 rings (SSSR count). The fourth-order valence-corrected chi connectivity index (χ4v) is 7.25. The predicted octanol–water partition coefficient (Wildman–Crippen LogP) is 19.6. The van der Waals surface area contributed by atoms with E-state index >= 15 is 0 Å². The van der Waals surface area contributed by atoms with Crippen LogP contribution in [0.4, 0.5) is 0 Å². The van der Waals surface area contributed by atoms with Crippen LogP contribution >= 0.6 is 0 Å². The molecule has 0 aliphatic rings. The summed E-state index contributed by atoms with van der Waals surface area (Å²) in [5, 5.41) is 0. The summed E-state index contributed by atoms with van der Waals surface area (Å²) in [6, 6.07) is 0. The van der Waals surface area contributed by atoms with Crippen molar-refractivity contribution in [3.8, 4) is 0 Å². The van der Waals surface area contributed by atoms with E-state index in [1.54, 1.807) is 0 Å². The first-order chi connectivity index (χ1) is 35.5. The standard InChI is InChI=1S/C66H104O6/c1-4-7-10-13-16-18-20-22-24-25-26-27-28-29-30-31-32-33-34-35-36-37-38-39-40-41-42-44-45-47-50-53-56-59-65(68)71-62-63(61-70-64(67)58-55-52-49-15-12-9-6-3)72-66(69)60-57-54-51-48-46-43-23-21-19-17-14-11-8-5-2/h7,10,14,16-18,21-24,26-27,29-30,32-33,35-36,38-39,41-42,45,47,63H,4-6,8-9,11-13,15,19-20,25,28,31,34,37,40,43-44,46,48-62H2,1-3H3/b10-7-,17-14-,18-16-,23-21-,24-22-,27-26-,30-29-,33-32-,36-35-,39-38-,42-41-,47-45-. The number of carbonyl (C=O) groups is 3. The SMILES string of the molecule is CC/C=C\C/C=C\C/C=C\C/C=C\C/C=C\C/C=C\C/C=C\C/C=C\C/C=C\C/C=C\CCCCC(=O)OCC(COC(=O)CCCCCCCCC)OC(=O)CCCCCCC/C=C\C/C=C\CCCC. The molecule has 0 saturated carbocycles. The number of esters is 3. The molecule has 6 heteroatoms. The van der Waals surface area contributed by atoms with Crippen LogP contribution in [0.25, 0.3) is 0 Å². The van der Waals surface area contributed by atoms with Crippen molar-refractivity contribution in [2.75, 3.05) is 13.2 Å². The smallest absolute Gasteiger partial charge is 0.306 e. The molecular weight excluding hydrogens is 889 g/mol. The molecule has 0 aliphatic heterocycles. The van der Waals surface area contributed by atoms with Gasteiger partial charge in [0.1, 0.15) is 13.2 Å². The minimum absolute atomic E-state index is 0.102. The van der Waals surface area contributed by atoms with Crippen LogP contribution in [0.5, 0.6) is 0 Å². The van der Waals surface area contributed by atoms with Crippen LogP contribution in [-0.2, 0) is 28.6 Å². The molecule has 0 aromatic carbocycles. The second-order valence-electron chi connectivity index (χ2n) is 18.5. The Morgan fingerprint density at radius 1 is 0.292 bits per heavy atom. The van der Waals surface area contributed by atoms with Crippen LogP contribution < -0.4 is 0 Å². The van der Waals surface area contributed by atoms with Gasteiger partial charge >= 0.3 is 17.9 Å². The molecule has 0 spiro atoms. The van der Waals surface area contributed by atoms with Gasteiger partial charge in [-0.15, -0.1) is 0 Å². The lowest BCUT2D eigenvalue weighted by Crippen LogP contribution is -2.30. The molecule has 0 saturated heterocycles. The Hall–Kier alpha value is -4.71. The number of hydrogen-bond acceptors (Lipinski definition) is 6. The Kier molecular flexibility index (Phi) is 55.0. The fourth-order valence-electron chi connectivity index (χ4n) is 7.25. The molecule has 404 valence electrons. The Morgan fingerprint density at radius 2 is 0.556 bits per heavy atom. The number of ether oxygens (including phenoxy) is 3. The van der Waals surface area contributed by atoms with E-state index in [0.29, 0.717) is 25.7 Å². The summed E-state index contributed by atoms with van der Waals surface area (Å²) in [6.07, 6.45) is 84.4. The average molecular weight is 994 g/mol. The number of allylic oxidation sites excluding steroid dienone is 24. The summed E-state index contributed by atoms with van der Waals surface area (Å²) in [5.74, 6) is -0.977. The molecule has 1 atom stereocenters. The molecule has 0 N–H and O–H groups in total. The van der Waals surface area contributed by atoms with Gasteiger partial charge in [0.25, 0.3) is 0 Å². The van der Waals surface area contributed by atoms with E-state index in [1.807, 2.05) is 0 Å². The van der Waals surface area contributed by atoms with Crippen LogP contribution in [0.1, 0.15) is 233 Å². The highest BCUT2D eigenvalue weighted by atomic mass is 16.6. The second kappa shape index (κ2) is 58.9. The van der Waals surface area contributed by atoms with E-state index in [1.165, 1.54) is 44.9 Å². The zero-order chi connectivity index (χ0) is 52.2. The molecular formula is C66H104O6. The van der Waals surface area contributed by atoms with Crippen molar-refractivity contribution in [2.24, 2.45) is 0 Å². The van der Waals surface area contributed by atoms with Gasteiger partial charge in [0.05, 0.1) is 0 Å². The maximum atomic E-state index is 12.8. The molecule has 0 aromatic rings. The Bertz CT molecular complexity index is 1610. The zero-order valence-corrected chi connectivity index (χ0v) is 46.1. The zero-order valence-electron chi connectivity index (χ0n) is 46.1. The van der Waals surface area contributed by atoms with Gasteiger partial charge in [-0.2, -0.15) is 0 Å². The lowest BCUT2D eigenvalue weighted by atomic mass is 10.1. The summed E-state index contributed by atoms with van der Waals surface area (Å²) >= 11 is 0. The highest BCUT2D eigenvalue weighted by molar-refractivity contribution is 5.71. The van der Waals surface area contributed by atoms with E-state index in [0.717, 1.165) is 141 Å². The van der Waals surface area contributed by atoms with Crippen LogP contribution in [0.15, 0.2) is 146 Å². The molecule has 0 aromatic heterocycles. The first-order valence-electron chi connectivity index (χ1n) is 28.8. The van der Waals surface area contributed by atoms with Crippen LogP contribution in [-0.4, -0.2) is 37.2 Å². The highest BCUT2D eigenvalue weighted by Gasteiger charge is 2.19. The number of carbonyl (C=O) groups excluding carboxylic acids is 3. The van der Waals surface area contributed by atoms with Gasteiger partial charge in [-0.05, 0) is 122 Å². The summed E-state index contributed by atoms with van der Waals surface area (Å²) in [7, 11) is 0. The maximum absolute atomic E-state index is 12.8. The summed E-state index contributed by atoms with van der Waals surface area (Å²) < 4.78 is 16.7. The van der Waals surface area contributed by atoms with E-state index in [4.69, 9.17) is 14.2 Å². The third kappa shape index (κ3) is 56.2. The molecule has 0 amide bonds. The molecule has 1 unspecified atom stereocenters. The first-order valence-corrected chi connectivity index (χ1v) is 28.8. The summed E-state index contributed by atoms with van der Waals surface area (Å²) in [6.45, 7) is 6.37. The number of rotatable bonds is 50. The molecule has 72 heavy (non-hydrogen) atoms. The van der Waals surface area contributed by atoms with Gasteiger partial charge in [-0.1, -0.05) is 237 Å². The summed E-state index contributed by atoms with van der Waals surface area (Å²) in [5.41, 5.74) is 0. The topological polar surface area (TPSA) is 78.9 Å². The van der Waals surface area contributed by atoms with E-state index < -0.39 is 6.10 Å². The lowest BCUT2D eigenvalue weighted by Gasteiger charge is -2.18. The molecule has 0 bridgehead atoms. The van der Waals surface area contributed by atoms with E-state index in [2.05, 4.69) is 167 Å². The largest absolute Gasteiger partial charge is 0.462 e. The lowest BCUT2D eigenvalue weighted by molar-refractivity contribution is -0.167. The molecule has 0 fully saturated rings. The van der Waals surface area contributed by atoms with Crippen molar-refractivity contribution in [1.29, 1.82) is 0 Å². The second-order valence-corrected chi connectivity index (χ2v) is 18.5. The number of hydrogen-bond donors (Lipinski definition) is 0. The van der Waals surface area contributed by atoms with Crippen molar-refractivity contribution >= 4 is 17.9 Å². The van der Waals surface area contributed by atoms with Gasteiger partial charge in [0, 0.05) is 19.3 Å². The highest BCUT2D eigenvalue weighted by Crippen LogP contribution is 2.13. The molecule has 6 nitrogen and oxygen atoms in total. The Labute approximate surface area is 442 Å². The normalized spacial score (nSPS) is 13.2. The van der Waals surface area contributed by atoms with Gasteiger partial charge in [0.15, 0.2) is 6.10 Å². The molecule has 0 aliphatic carbocycles. The van der Waals surface area contributed by atoms with Gasteiger partial charge < -0.3 is 14.2 Å². The van der Waals surface area contributed by atoms with Crippen molar-refractivity contribution in [1.82, 2.24) is 0 Å². The summed E-state index contributed by atoms with van der Waals surface area (Å²) in [4.78, 5) is 37.9. The van der Waals surface area contributed by atoms with Crippen molar-refractivity contribution < 1.29 is 28.6 Å². The molecule has 0 heterocycles. The van der Waals surface area contributed by atoms with Crippen molar-refractivity contribution in [3.05, 3.63) is 146 Å². The predicted molar refractivity (Wildman–Crippen MR) is 311 cm³/mol. The third-order valence-corrected chi connectivity index (χ3v) is 11.6. The number of unbranched alkanes of at least 4 members (excludes halogenated alkanes) is 15. The van der Waals surface area contributed by atoms with Gasteiger partial charge in [-0.3, -0.25) is 14.4 Å². The minimum atomic E-state index is -0.805. The van der Waals surface area contributed by atoms with E-state index in [9.17, 15) is 14.4 Å². The van der Waals surface area contributed by atoms with Crippen LogP contribution in [0.2, 0.25) is 0 Å². The fraction of sp³-hybridized carbons (Fsp3) is 0.591. The van der Waals surface area contributed by atoms with Crippen LogP contribution in [0.3, 0.4) is 0 Å².